The Hall–Kier alpha value is -0.200. The summed E-state index contributed by atoms with van der Waals surface area (Å²) in [4.78, 5) is 2.01. The smallest absolute Gasteiger partial charge is 0.168 e. The van der Waals surface area contributed by atoms with Crippen LogP contribution < -0.4 is 5.32 Å². The second-order valence-electron chi connectivity index (χ2n) is 6.50. The van der Waals surface area contributed by atoms with Crippen LogP contribution in [-0.2, 0) is 9.47 Å². The van der Waals surface area contributed by atoms with E-state index >= 15 is 0 Å². The van der Waals surface area contributed by atoms with Crippen LogP contribution in [0.3, 0.4) is 0 Å². The molecule has 112 valence electrons. The second kappa shape index (κ2) is 6.06. The first kappa shape index (κ1) is 15.2. The first-order valence-corrected chi connectivity index (χ1v) is 7.29. The molecular formula is C14H28N2O3. The van der Waals surface area contributed by atoms with Gasteiger partial charge in [0.25, 0.3) is 0 Å². The Labute approximate surface area is 116 Å². The van der Waals surface area contributed by atoms with Gasteiger partial charge in [-0.2, -0.15) is 0 Å². The summed E-state index contributed by atoms with van der Waals surface area (Å²) in [6.45, 7) is 4.65. The standard InChI is InChI=1S/C14H28N2O3/c1-13(17,11-16(2)3)10-15-12-4-6-14(7-5-12)18-8-9-19-14/h12,15,17H,4-11H2,1-3H3. The molecule has 1 unspecified atom stereocenters. The topological polar surface area (TPSA) is 54.0 Å². The molecule has 1 saturated heterocycles. The molecule has 2 rings (SSSR count). The van der Waals surface area contributed by atoms with E-state index in [0.29, 0.717) is 19.1 Å². The Balaban J connectivity index is 1.71. The predicted octanol–water partition coefficient (Wildman–Crippen LogP) is 0.574. The number of rotatable bonds is 5. The Morgan fingerprint density at radius 1 is 1.26 bits per heavy atom. The second-order valence-corrected chi connectivity index (χ2v) is 6.50. The molecule has 5 nitrogen and oxygen atoms in total. The van der Waals surface area contributed by atoms with Crippen LogP contribution in [0.1, 0.15) is 32.6 Å². The van der Waals surface area contributed by atoms with Crippen LogP contribution in [-0.4, -0.2) is 67.8 Å². The molecule has 0 aromatic heterocycles. The maximum absolute atomic E-state index is 10.3. The molecule has 2 N–H and O–H groups in total. The van der Waals surface area contributed by atoms with Crippen LogP contribution >= 0.6 is 0 Å². The zero-order valence-corrected chi connectivity index (χ0v) is 12.4. The van der Waals surface area contributed by atoms with Crippen molar-refractivity contribution in [1.82, 2.24) is 10.2 Å². The third-order valence-corrected chi connectivity index (χ3v) is 3.99. The van der Waals surface area contributed by atoms with Gasteiger partial charge in [-0.1, -0.05) is 0 Å². The summed E-state index contributed by atoms with van der Waals surface area (Å²) >= 11 is 0. The summed E-state index contributed by atoms with van der Waals surface area (Å²) in [7, 11) is 3.96. The number of ether oxygens (including phenoxy) is 2. The monoisotopic (exact) mass is 272 g/mol. The molecule has 2 aliphatic rings. The molecule has 1 heterocycles. The van der Waals surface area contributed by atoms with Crippen LogP contribution in [0.25, 0.3) is 0 Å². The van der Waals surface area contributed by atoms with E-state index in [0.717, 1.165) is 38.9 Å². The summed E-state index contributed by atoms with van der Waals surface area (Å²) in [5.41, 5.74) is -0.682. The highest BCUT2D eigenvalue weighted by Gasteiger charge is 2.40. The van der Waals surface area contributed by atoms with E-state index in [-0.39, 0.29) is 5.79 Å². The van der Waals surface area contributed by atoms with Gasteiger partial charge >= 0.3 is 0 Å². The fraction of sp³-hybridized carbons (Fsp3) is 1.00. The van der Waals surface area contributed by atoms with Gasteiger partial charge in [0.2, 0.25) is 0 Å². The fourth-order valence-electron chi connectivity index (χ4n) is 3.15. The van der Waals surface area contributed by atoms with E-state index < -0.39 is 5.60 Å². The van der Waals surface area contributed by atoms with E-state index in [2.05, 4.69) is 5.32 Å². The largest absolute Gasteiger partial charge is 0.388 e. The minimum atomic E-state index is -0.682. The van der Waals surface area contributed by atoms with Gasteiger partial charge in [-0.15, -0.1) is 0 Å². The number of nitrogens with zero attached hydrogens (tertiary/aromatic N) is 1. The number of aliphatic hydroxyl groups is 1. The van der Waals surface area contributed by atoms with Crippen molar-refractivity contribution in [2.45, 2.75) is 50.0 Å². The lowest BCUT2D eigenvalue weighted by atomic mass is 9.89. The van der Waals surface area contributed by atoms with Gasteiger partial charge in [-0.3, -0.25) is 0 Å². The molecular weight excluding hydrogens is 244 g/mol. The van der Waals surface area contributed by atoms with Crippen molar-refractivity contribution >= 4 is 0 Å². The molecule has 1 spiro atoms. The molecule has 0 bridgehead atoms. The molecule has 2 fully saturated rings. The van der Waals surface area contributed by atoms with Crippen molar-refractivity contribution in [1.29, 1.82) is 0 Å². The molecule has 0 aromatic rings. The van der Waals surface area contributed by atoms with Crippen LogP contribution in [0.15, 0.2) is 0 Å². The van der Waals surface area contributed by atoms with Gasteiger partial charge in [-0.05, 0) is 33.9 Å². The van der Waals surface area contributed by atoms with Crippen molar-refractivity contribution < 1.29 is 14.6 Å². The molecule has 1 aliphatic carbocycles. The van der Waals surface area contributed by atoms with Crippen molar-refractivity contribution in [2.75, 3.05) is 40.4 Å². The lowest BCUT2D eigenvalue weighted by molar-refractivity contribution is -0.179. The summed E-state index contributed by atoms with van der Waals surface area (Å²) in [5, 5.41) is 13.8. The van der Waals surface area contributed by atoms with Crippen LogP contribution in [0.5, 0.6) is 0 Å². The molecule has 19 heavy (non-hydrogen) atoms. The predicted molar refractivity (Wildman–Crippen MR) is 74.1 cm³/mol. The zero-order valence-electron chi connectivity index (χ0n) is 12.4. The lowest BCUT2D eigenvalue weighted by Gasteiger charge is -2.37. The van der Waals surface area contributed by atoms with Crippen molar-refractivity contribution in [3.05, 3.63) is 0 Å². The minimum Gasteiger partial charge on any atom is -0.388 e. The van der Waals surface area contributed by atoms with E-state index in [4.69, 9.17) is 9.47 Å². The molecule has 0 amide bonds. The zero-order chi connectivity index (χ0) is 13.9. The Morgan fingerprint density at radius 3 is 2.37 bits per heavy atom. The molecule has 1 aliphatic heterocycles. The van der Waals surface area contributed by atoms with E-state index in [1.165, 1.54) is 0 Å². The van der Waals surface area contributed by atoms with Crippen LogP contribution in [0.4, 0.5) is 0 Å². The number of hydrogen-bond donors (Lipinski definition) is 2. The fourth-order valence-corrected chi connectivity index (χ4v) is 3.15. The summed E-state index contributed by atoms with van der Waals surface area (Å²) in [6.07, 6.45) is 4.02. The van der Waals surface area contributed by atoms with Crippen molar-refractivity contribution in [2.24, 2.45) is 0 Å². The third kappa shape index (κ3) is 4.39. The van der Waals surface area contributed by atoms with Gasteiger partial charge < -0.3 is 24.8 Å². The summed E-state index contributed by atoms with van der Waals surface area (Å²) in [6, 6.07) is 0.465. The Bertz CT molecular complexity index is 278. The van der Waals surface area contributed by atoms with Crippen molar-refractivity contribution in [3.8, 4) is 0 Å². The maximum Gasteiger partial charge on any atom is 0.168 e. The normalized spacial score (nSPS) is 27.0. The first-order valence-electron chi connectivity index (χ1n) is 7.29. The van der Waals surface area contributed by atoms with E-state index in [1.807, 2.05) is 25.9 Å². The maximum atomic E-state index is 10.3. The molecule has 0 radical (unpaired) electrons. The van der Waals surface area contributed by atoms with E-state index in [1.54, 1.807) is 0 Å². The molecule has 0 aromatic carbocycles. The number of hydrogen-bond acceptors (Lipinski definition) is 5. The molecule has 5 heteroatoms. The Kier molecular flexibility index (Phi) is 4.84. The Morgan fingerprint density at radius 2 is 1.84 bits per heavy atom. The van der Waals surface area contributed by atoms with Gasteiger partial charge in [0.05, 0.1) is 18.8 Å². The summed E-state index contributed by atoms with van der Waals surface area (Å²) < 4.78 is 11.4. The average molecular weight is 272 g/mol. The average Bonchev–Trinajstić information content (AvgIpc) is 2.76. The number of nitrogens with one attached hydrogen (secondary N) is 1. The van der Waals surface area contributed by atoms with Gasteiger partial charge in [-0.25, -0.2) is 0 Å². The third-order valence-electron chi connectivity index (χ3n) is 3.99. The van der Waals surface area contributed by atoms with Crippen LogP contribution in [0, 0.1) is 0 Å². The highest BCUT2D eigenvalue weighted by molar-refractivity contribution is 4.87. The first-order chi connectivity index (χ1) is 8.91. The summed E-state index contributed by atoms with van der Waals surface area (Å²) in [5.74, 6) is -0.287. The van der Waals surface area contributed by atoms with Crippen molar-refractivity contribution in [3.63, 3.8) is 0 Å². The number of likely N-dealkylation sites (N-methyl/N-ethyl adjacent to an activating group) is 1. The quantitative estimate of drug-likeness (QED) is 0.766. The molecule has 1 atom stereocenters. The van der Waals surface area contributed by atoms with Gasteiger partial charge in [0, 0.05) is 32.0 Å². The molecule has 1 saturated carbocycles. The highest BCUT2D eigenvalue weighted by atomic mass is 16.7. The van der Waals surface area contributed by atoms with Gasteiger partial charge in [0.15, 0.2) is 5.79 Å². The van der Waals surface area contributed by atoms with E-state index in [9.17, 15) is 5.11 Å². The van der Waals surface area contributed by atoms with Gasteiger partial charge in [0.1, 0.15) is 0 Å². The lowest BCUT2D eigenvalue weighted by Crippen LogP contribution is -2.50. The minimum absolute atomic E-state index is 0.287. The SMILES string of the molecule is CN(C)CC(C)(O)CNC1CCC2(CC1)OCCO2. The van der Waals surface area contributed by atoms with Crippen LogP contribution in [0.2, 0.25) is 0 Å². The highest BCUT2D eigenvalue weighted by Crippen LogP contribution is 2.35.